The Labute approximate surface area is 79.7 Å². The number of benzene rings is 1. The summed E-state index contributed by atoms with van der Waals surface area (Å²) < 4.78 is 50.5. The molecular formula is C7HClF4O2. The normalized spacial score (nSPS) is 10.4. The summed E-state index contributed by atoms with van der Waals surface area (Å²) in [6, 6.07) is 0. The highest BCUT2D eigenvalue weighted by atomic mass is 35.5. The van der Waals surface area contributed by atoms with Crippen LogP contribution in [0.2, 0.25) is 0 Å². The molecule has 76 valence electrons. The van der Waals surface area contributed by atoms with E-state index in [9.17, 15) is 22.4 Å². The highest BCUT2D eigenvalue weighted by molar-refractivity contribution is 6.67. The second-order valence-electron chi connectivity index (χ2n) is 2.25. The van der Waals surface area contributed by atoms with Crippen LogP contribution in [0.4, 0.5) is 17.6 Å². The van der Waals surface area contributed by atoms with Crippen molar-refractivity contribution in [2.24, 2.45) is 0 Å². The number of aromatic hydroxyl groups is 1. The smallest absolute Gasteiger partial charge is 0.258 e. The Morgan fingerprint density at radius 2 is 1.36 bits per heavy atom. The van der Waals surface area contributed by atoms with Crippen LogP contribution in [0.3, 0.4) is 0 Å². The van der Waals surface area contributed by atoms with Crippen molar-refractivity contribution in [3.8, 4) is 5.75 Å². The molecular weight excluding hydrogens is 228 g/mol. The molecule has 1 aromatic rings. The predicted octanol–water partition coefficient (Wildman–Crippen LogP) is 2.33. The van der Waals surface area contributed by atoms with Crippen LogP contribution in [0.1, 0.15) is 10.4 Å². The van der Waals surface area contributed by atoms with Gasteiger partial charge >= 0.3 is 0 Å². The lowest BCUT2D eigenvalue weighted by molar-refractivity contribution is 0.107. The zero-order valence-electron chi connectivity index (χ0n) is 6.25. The summed E-state index contributed by atoms with van der Waals surface area (Å²) in [6.45, 7) is 0. The van der Waals surface area contributed by atoms with Gasteiger partial charge in [0.15, 0.2) is 17.4 Å². The summed E-state index contributed by atoms with van der Waals surface area (Å²) in [6.07, 6.45) is 0. The number of halogens is 5. The first-order chi connectivity index (χ1) is 6.37. The molecule has 0 fully saturated rings. The van der Waals surface area contributed by atoms with E-state index in [2.05, 4.69) is 11.6 Å². The SMILES string of the molecule is O=C(Cl)c1c(F)c(F)c(O)c(F)c1F. The highest BCUT2D eigenvalue weighted by Gasteiger charge is 2.28. The molecule has 0 unspecified atom stereocenters. The molecule has 14 heavy (non-hydrogen) atoms. The van der Waals surface area contributed by atoms with E-state index in [4.69, 9.17) is 5.11 Å². The zero-order chi connectivity index (χ0) is 11.0. The number of phenolic OH excluding ortho intramolecular Hbond substituents is 1. The van der Waals surface area contributed by atoms with Gasteiger partial charge in [0.05, 0.1) is 0 Å². The van der Waals surface area contributed by atoms with Gasteiger partial charge in [0.1, 0.15) is 5.56 Å². The van der Waals surface area contributed by atoms with E-state index in [1.165, 1.54) is 0 Å². The third-order valence-corrected chi connectivity index (χ3v) is 1.63. The third kappa shape index (κ3) is 1.41. The van der Waals surface area contributed by atoms with Crippen molar-refractivity contribution in [3.63, 3.8) is 0 Å². The molecule has 0 aromatic heterocycles. The first-order valence-electron chi connectivity index (χ1n) is 3.12. The van der Waals surface area contributed by atoms with Gasteiger partial charge in [0.25, 0.3) is 5.24 Å². The Morgan fingerprint density at radius 1 is 1.00 bits per heavy atom. The third-order valence-electron chi connectivity index (χ3n) is 1.44. The molecule has 0 aliphatic rings. The Morgan fingerprint density at radius 3 is 1.64 bits per heavy atom. The van der Waals surface area contributed by atoms with Gasteiger partial charge in [0, 0.05) is 0 Å². The topological polar surface area (TPSA) is 37.3 Å². The molecule has 0 aliphatic heterocycles. The Hall–Kier alpha value is -1.30. The summed E-state index contributed by atoms with van der Waals surface area (Å²) in [5, 5.41) is 6.79. The minimum atomic E-state index is -2.06. The van der Waals surface area contributed by atoms with Crippen LogP contribution >= 0.6 is 11.6 Å². The average molecular weight is 229 g/mol. The molecule has 0 amide bonds. The maximum absolute atomic E-state index is 12.7. The molecule has 1 N–H and O–H groups in total. The van der Waals surface area contributed by atoms with Gasteiger partial charge in [-0.3, -0.25) is 4.79 Å². The van der Waals surface area contributed by atoms with Crippen molar-refractivity contribution < 1.29 is 27.5 Å². The fourth-order valence-electron chi connectivity index (χ4n) is 0.793. The first-order valence-corrected chi connectivity index (χ1v) is 3.50. The second-order valence-corrected chi connectivity index (χ2v) is 2.60. The molecule has 0 saturated carbocycles. The Balaban J connectivity index is 3.68. The lowest BCUT2D eigenvalue weighted by Gasteiger charge is -2.04. The summed E-state index contributed by atoms with van der Waals surface area (Å²) in [7, 11) is 0. The predicted molar refractivity (Wildman–Crippen MR) is 38.1 cm³/mol. The molecule has 1 rings (SSSR count). The van der Waals surface area contributed by atoms with Crippen molar-refractivity contribution in [1.29, 1.82) is 0 Å². The van der Waals surface area contributed by atoms with E-state index in [0.717, 1.165) is 0 Å². The van der Waals surface area contributed by atoms with Gasteiger partial charge in [-0.15, -0.1) is 0 Å². The van der Waals surface area contributed by atoms with E-state index < -0.39 is 39.8 Å². The van der Waals surface area contributed by atoms with E-state index >= 15 is 0 Å². The summed E-state index contributed by atoms with van der Waals surface area (Å²) in [5.74, 6) is -10.0. The second kappa shape index (κ2) is 3.45. The number of carbonyl (C=O) groups excluding carboxylic acids is 1. The van der Waals surface area contributed by atoms with Gasteiger partial charge in [-0.1, -0.05) is 0 Å². The Kier molecular flexibility index (Phi) is 2.66. The lowest BCUT2D eigenvalue weighted by atomic mass is 10.2. The number of phenols is 1. The number of carbonyl (C=O) groups is 1. The van der Waals surface area contributed by atoms with Crippen molar-refractivity contribution in [2.75, 3.05) is 0 Å². The van der Waals surface area contributed by atoms with Gasteiger partial charge in [-0.25, -0.2) is 8.78 Å². The number of rotatable bonds is 1. The zero-order valence-corrected chi connectivity index (χ0v) is 7.00. The van der Waals surface area contributed by atoms with Crippen LogP contribution in [-0.4, -0.2) is 10.3 Å². The minimum Gasteiger partial charge on any atom is -0.503 e. The standard InChI is InChI=1S/C7HClF4O2/c8-7(14)1-2(9)4(11)6(13)5(12)3(1)10/h13H. The van der Waals surface area contributed by atoms with Crippen molar-refractivity contribution in [3.05, 3.63) is 28.8 Å². The van der Waals surface area contributed by atoms with Crippen LogP contribution in [0.15, 0.2) is 0 Å². The van der Waals surface area contributed by atoms with E-state index in [1.807, 2.05) is 0 Å². The van der Waals surface area contributed by atoms with Crippen LogP contribution in [0.25, 0.3) is 0 Å². The molecule has 2 nitrogen and oxygen atoms in total. The van der Waals surface area contributed by atoms with Crippen molar-refractivity contribution in [1.82, 2.24) is 0 Å². The molecule has 1 aromatic carbocycles. The van der Waals surface area contributed by atoms with E-state index in [-0.39, 0.29) is 0 Å². The summed E-state index contributed by atoms with van der Waals surface area (Å²) >= 11 is 4.68. The van der Waals surface area contributed by atoms with Crippen LogP contribution in [0, 0.1) is 23.3 Å². The molecule has 7 heteroatoms. The minimum absolute atomic E-state index is 1.57. The van der Waals surface area contributed by atoms with Crippen molar-refractivity contribution >= 4 is 16.8 Å². The first kappa shape index (κ1) is 10.8. The highest BCUT2D eigenvalue weighted by Crippen LogP contribution is 2.29. The van der Waals surface area contributed by atoms with Gasteiger partial charge in [-0.2, -0.15) is 8.78 Å². The van der Waals surface area contributed by atoms with Crippen LogP contribution in [-0.2, 0) is 0 Å². The molecule has 0 radical (unpaired) electrons. The number of hydrogen-bond acceptors (Lipinski definition) is 2. The lowest BCUT2D eigenvalue weighted by Crippen LogP contribution is -2.06. The van der Waals surface area contributed by atoms with Crippen molar-refractivity contribution in [2.45, 2.75) is 0 Å². The van der Waals surface area contributed by atoms with Gasteiger partial charge in [0.2, 0.25) is 11.6 Å². The van der Waals surface area contributed by atoms with E-state index in [1.54, 1.807) is 0 Å². The largest absolute Gasteiger partial charge is 0.503 e. The molecule has 0 heterocycles. The molecule has 0 atom stereocenters. The molecule has 0 bridgehead atoms. The quantitative estimate of drug-likeness (QED) is 0.455. The van der Waals surface area contributed by atoms with Crippen LogP contribution < -0.4 is 0 Å². The maximum atomic E-state index is 12.7. The Bertz CT molecular complexity index is 390. The van der Waals surface area contributed by atoms with E-state index in [0.29, 0.717) is 0 Å². The fraction of sp³-hybridized carbons (Fsp3) is 0. The average Bonchev–Trinajstić information content (AvgIpc) is 2.11. The van der Waals surface area contributed by atoms with Crippen LogP contribution in [0.5, 0.6) is 5.75 Å². The summed E-state index contributed by atoms with van der Waals surface area (Å²) in [5.41, 5.74) is -1.57. The number of hydrogen-bond donors (Lipinski definition) is 1. The monoisotopic (exact) mass is 228 g/mol. The summed E-state index contributed by atoms with van der Waals surface area (Å²) in [4.78, 5) is 10.4. The van der Waals surface area contributed by atoms with Gasteiger partial charge < -0.3 is 5.11 Å². The molecule has 0 aliphatic carbocycles. The van der Waals surface area contributed by atoms with Gasteiger partial charge in [-0.05, 0) is 11.6 Å². The maximum Gasteiger partial charge on any atom is 0.258 e. The molecule has 0 spiro atoms. The molecule has 0 saturated heterocycles. The fourth-order valence-corrected chi connectivity index (χ4v) is 0.959.